The molecule has 0 aliphatic carbocycles. The number of carbonyl (C=O) groups is 15. The second-order valence-corrected chi connectivity index (χ2v) is 28.5. The number of rotatable bonds is 64. The molecule has 8 amide bonds. The second-order valence-electron chi connectivity index (χ2n) is 26.2. The number of hydrogen-bond donors (Lipinski definition) is 7. The van der Waals surface area contributed by atoms with Crippen LogP contribution in [0.3, 0.4) is 0 Å². The van der Waals surface area contributed by atoms with E-state index in [1.807, 2.05) is 58.0 Å². The van der Waals surface area contributed by atoms with Crippen LogP contribution in [0.1, 0.15) is 112 Å². The normalized spacial score (nSPS) is 11.0. The van der Waals surface area contributed by atoms with E-state index in [0.717, 1.165) is 15.4 Å². The average Bonchev–Trinajstić information content (AvgIpc) is 0.876. The molecule has 0 saturated heterocycles. The molecule has 0 aliphatic heterocycles. The van der Waals surface area contributed by atoms with Gasteiger partial charge >= 0.3 is 53.8 Å². The lowest BCUT2D eigenvalue weighted by Gasteiger charge is -2.25. The molecule has 37 nitrogen and oxygen atoms in total. The highest BCUT2D eigenvalue weighted by molar-refractivity contribution is 8.76. The minimum Gasteiger partial charge on any atom is -0.469 e. The van der Waals surface area contributed by atoms with Crippen molar-refractivity contribution in [2.75, 3.05) is 221 Å². The van der Waals surface area contributed by atoms with Gasteiger partial charge in [-0.15, -0.1) is 0 Å². The van der Waals surface area contributed by atoms with E-state index >= 15 is 0 Å². The molecule has 2 rings (SSSR count). The highest BCUT2D eigenvalue weighted by atomic mass is 33.1. The topological polar surface area (TPSA) is 437 Å². The first-order valence-corrected chi connectivity index (χ1v) is 40.4. The van der Waals surface area contributed by atoms with Crippen molar-refractivity contribution in [2.24, 2.45) is 0 Å². The third kappa shape index (κ3) is 51.4. The van der Waals surface area contributed by atoms with Crippen molar-refractivity contribution in [3.8, 4) is 0 Å². The zero-order valence-corrected chi connectivity index (χ0v) is 69.9. The summed E-state index contributed by atoms with van der Waals surface area (Å²) >= 11 is 0. The van der Waals surface area contributed by atoms with Gasteiger partial charge in [0, 0.05) is 191 Å². The third-order valence-corrected chi connectivity index (χ3v) is 20.3. The van der Waals surface area contributed by atoms with Crippen LogP contribution in [0.25, 0.3) is 0 Å². The molecule has 7 N–H and O–H groups in total. The maximum atomic E-state index is 14.0. The molecule has 0 heterocycles. The quantitative estimate of drug-likeness (QED) is 0.0160. The number of esters is 8. The fraction of sp³-hybridized carbons (Fsp3) is 0.645. The van der Waals surface area contributed by atoms with E-state index in [1.165, 1.54) is 61.8 Å². The van der Waals surface area contributed by atoms with Gasteiger partial charge in [0.25, 0.3) is 5.91 Å². The minimum atomic E-state index is -0.606. The van der Waals surface area contributed by atoms with Gasteiger partial charge in [-0.1, -0.05) is 39.3 Å². The van der Waals surface area contributed by atoms with Gasteiger partial charge < -0.3 is 105 Å². The first-order chi connectivity index (χ1) is 55.2. The van der Waals surface area contributed by atoms with Crippen LogP contribution in [-0.4, -0.2) is 344 Å². The number of nitrogens with zero attached hydrogens (tertiary/aromatic N) is 7. The largest absolute Gasteiger partial charge is 0.469 e. The molecule has 0 radical (unpaired) electrons. The molecular weight excluding hydrogens is 1540 g/mol. The summed E-state index contributed by atoms with van der Waals surface area (Å²) in [6.07, 6.45) is 0.809. The Kier molecular flexibility index (Phi) is 55.8. The van der Waals surface area contributed by atoms with Crippen molar-refractivity contribution in [2.45, 2.75) is 113 Å². The van der Waals surface area contributed by atoms with Crippen LogP contribution in [0.15, 0.2) is 58.3 Å². The van der Waals surface area contributed by atoms with Crippen molar-refractivity contribution in [1.82, 2.24) is 71.5 Å². The van der Waals surface area contributed by atoms with Crippen molar-refractivity contribution >= 4 is 111 Å². The summed E-state index contributed by atoms with van der Waals surface area (Å²) in [5.74, 6) is -6.06. The van der Waals surface area contributed by atoms with Crippen LogP contribution in [-0.2, 0) is 100 Å². The van der Waals surface area contributed by atoms with E-state index in [4.69, 9.17) is 37.9 Å². The summed E-state index contributed by atoms with van der Waals surface area (Å²) in [4.78, 5) is 206. The minimum absolute atomic E-state index is 0.0341. The molecular formula is C76H122N14O23S2. The van der Waals surface area contributed by atoms with Gasteiger partial charge in [0.15, 0.2) is 0 Å². The number of benzene rings is 2. The van der Waals surface area contributed by atoms with Crippen molar-refractivity contribution in [3.05, 3.63) is 59.7 Å². The third-order valence-electron chi connectivity index (χ3n) is 17.9. The van der Waals surface area contributed by atoms with Gasteiger partial charge in [0.2, 0.25) is 29.5 Å². The fourth-order valence-corrected chi connectivity index (χ4v) is 12.7. The predicted octanol–water partition coefficient (Wildman–Crippen LogP) is 1.08. The molecule has 115 heavy (non-hydrogen) atoms. The summed E-state index contributed by atoms with van der Waals surface area (Å²) in [5, 5.41) is 20.0. The Bertz CT molecular complexity index is 3150. The number of unbranched alkanes of at least 4 members (excludes halogenated alkanes) is 1. The van der Waals surface area contributed by atoms with E-state index in [-0.39, 0.29) is 245 Å². The lowest BCUT2D eigenvalue weighted by atomic mass is 10.2. The number of carbonyl (C=O) groups excluding carboxylic acids is 15. The van der Waals surface area contributed by atoms with E-state index in [2.05, 4.69) is 37.2 Å². The SMILES string of the molecule is COC(=O)CCN(CCCCNC(=O)N(CCC(=O)NCCN(CCC(=O)OC)CCC(=O)OC)CNC(=O)CCN(CCNC(=O)c1ccc(SSc2ccc(C)cc2)cc1)CCC(=O)NCN(CCC(=O)NCCN(CCC(=O)OC)CCC(=O)OC)CCC(=O)NCCN(CCC(=O)OC)CCC(=O)OC)CCC(=O)OC. The molecule has 0 bridgehead atoms. The van der Waals surface area contributed by atoms with Crippen LogP contribution in [0.2, 0.25) is 0 Å². The number of hydrogen-bond acceptors (Lipinski definition) is 31. The summed E-state index contributed by atoms with van der Waals surface area (Å²) in [6, 6.07) is 14.6. The average molecular weight is 1660 g/mol. The Balaban J connectivity index is 2.40. The van der Waals surface area contributed by atoms with E-state index in [0.29, 0.717) is 38.0 Å². The van der Waals surface area contributed by atoms with Gasteiger partial charge in [-0.25, -0.2) is 4.79 Å². The van der Waals surface area contributed by atoms with Crippen LogP contribution in [0.4, 0.5) is 4.79 Å². The van der Waals surface area contributed by atoms with Crippen LogP contribution in [0.5, 0.6) is 0 Å². The number of nitrogens with one attached hydrogen (secondary N) is 7. The maximum Gasteiger partial charge on any atom is 0.318 e. The highest BCUT2D eigenvalue weighted by Gasteiger charge is 2.22. The Morgan fingerprint density at radius 2 is 0.539 bits per heavy atom. The summed E-state index contributed by atoms with van der Waals surface area (Å²) in [7, 11) is 13.3. The molecule has 2 aromatic carbocycles. The standard InChI is InChI=1S/C76H122N14O23S2/c1-58-12-16-60(17-13-58)114-115-61-18-14-59(15-19-61)75(104)80-37-55-85(39-20-65(94)82-56-89(41-22-62(91)77-34-52-86(45-27-69(98)108-4)46-28-70(99)109-5)42-23-63(92)78-35-53-87(47-29-71(100)110-6)48-30-72(101)111-7)40-21-66(95)83-57-90(51-24-64(93)79-36-54-88(49-31-73(102)112-8)50-32-74(103)113-9)76(105)81-33-10-11-38-84(43-25-67(96)106-2)44-26-68(97)107-3/h12-19H,10-11,20-57H2,1-9H3,(H,77,91)(H,78,92)(H,79,93)(H,80,104)(H,81,105)(H,82,94)(H,83,95). The molecule has 0 aliphatic rings. The molecule has 0 atom stereocenters. The van der Waals surface area contributed by atoms with Crippen LogP contribution < -0.4 is 37.2 Å². The highest BCUT2D eigenvalue weighted by Crippen LogP contribution is 2.37. The molecule has 646 valence electrons. The second kappa shape index (κ2) is 63.0. The monoisotopic (exact) mass is 1660 g/mol. The van der Waals surface area contributed by atoms with E-state index in [1.54, 1.807) is 48.4 Å². The van der Waals surface area contributed by atoms with E-state index < -0.39 is 71.5 Å². The van der Waals surface area contributed by atoms with Gasteiger partial charge in [-0.3, -0.25) is 72.0 Å². The molecule has 2 aromatic rings. The zero-order valence-electron chi connectivity index (χ0n) is 68.2. The lowest BCUT2D eigenvalue weighted by Crippen LogP contribution is -2.48. The molecule has 0 aromatic heterocycles. The Morgan fingerprint density at radius 1 is 0.270 bits per heavy atom. The molecule has 0 unspecified atom stereocenters. The van der Waals surface area contributed by atoms with Gasteiger partial charge in [-0.05, 0) is 62.7 Å². The van der Waals surface area contributed by atoms with Gasteiger partial charge in [-0.2, -0.15) is 0 Å². The molecule has 39 heteroatoms. The first kappa shape index (κ1) is 102. The van der Waals surface area contributed by atoms with Crippen molar-refractivity contribution in [1.29, 1.82) is 0 Å². The molecule has 0 spiro atoms. The predicted molar refractivity (Wildman–Crippen MR) is 426 cm³/mol. The summed E-state index contributed by atoms with van der Waals surface area (Å²) < 4.78 is 38.2. The lowest BCUT2D eigenvalue weighted by molar-refractivity contribution is -0.142. The van der Waals surface area contributed by atoms with Crippen molar-refractivity contribution < 1.29 is 110 Å². The number of amides is 8. The summed E-state index contributed by atoms with van der Waals surface area (Å²) in [6.45, 7) is 5.90. The number of aryl methyl sites for hydroxylation is 1. The molecule has 0 saturated carbocycles. The number of methoxy groups -OCH3 is 8. The van der Waals surface area contributed by atoms with Crippen LogP contribution >= 0.6 is 21.6 Å². The van der Waals surface area contributed by atoms with Crippen molar-refractivity contribution in [3.63, 3.8) is 0 Å². The van der Waals surface area contributed by atoms with Crippen LogP contribution in [0, 0.1) is 6.92 Å². The fourth-order valence-electron chi connectivity index (χ4n) is 10.7. The number of ether oxygens (including phenoxy) is 8. The summed E-state index contributed by atoms with van der Waals surface area (Å²) in [5.41, 5.74) is 1.54. The van der Waals surface area contributed by atoms with Gasteiger partial charge in [0.05, 0.1) is 122 Å². The zero-order chi connectivity index (χ0) is 85.0. The number of urea groups is 1. The molecule has 0 fully saturated rings. The Labute approximate surface area is 682 Å². The van der Waals surface area contributed by atoms with Gasteiger partial charge in [0.1, 0.15) is 0 Å². The maximum absolute atomic E-state index is 14.0. The Morgan fingerprint density at radius 3 is 0.870 bits per heavy atom. The van der Waals surface area contributed by atoms with E-state index in [9.17, 15) is 71.9 Å². The smallest absolute Gasteiger partial charge is 0.318 e. The first-order valence-electron chi connectivity index (χ1n) is 38.3. The Hall–Kier alpha value is -9.25.